The Morgan fingerprint density at radius 3 is 2.09 bits per heavy atom. The van der Waals surface area contributed by atoms with Crippen molar-refractivity contribution in [1.29, 1.82) is 0 Å². The monoisotopic (exact) mass is 447 g/mol. The van der Waals surface area contributed by atoms with Gasteiger partial charge in [-0.3, -0.25) is 9.89 Å². The minimum absolute atomic E-state index is 0.802. The van der Waals surface area contributed by atoms with Crippen LogP contribution in [0.2, 0.25) is 0 Å². The highest BCUT2D eigenvalue weighted by molar-refractivity contribution is 5.79. The highest BCUT2D eigenvalue weighted by Gasteiger charge is 2.07. The first-order valence-corrected chi connectivity index (χ1v) is 12.0. The molecule has 3 rings (SSSR count). The number of hydrogen-bond donors (Lipinski definition) is 2. The van der Waals surface area contributed by atoms with E-state index < -0.39 is 0 Å². The van der Waals surface area contributed by atoms with E-state index in [0.717, 1.165) is 71.0 Å². The van der Waals surface area contributed by atoms with Gasteiger partial charge in [0, 0.05) is 45.8 Å². The average molecular weight is 448 g/mol. The van der Waals surface area contributed by atoms with E-state index in [9.17, 15) is 0 Å². The van der Waals surface area contributed by atoms with Gasteiger partial charge < -0.3 is 15.2 Å². The Hall–Kier alpha value is -3.19. The van der Waals surface area contributed by atoms with Crippen molar-refractivity contribution in [1.82, 2.24) is 30.3 Å². The molecule has 0 unspecified atom stereocenters. The minimum Gasteiger partial charge on any atom is -0.357 e. The lowest BCUT2D eigenvalue weighted by molar-refractivity contribution is 0.255. The Morgan fingerprint density at radius 2 is 1.48 bits per heavy atom. The van der Waals surface area contributed by atoms with E-state index in [2.05, 4.69) is 93.3 Å². The molecule has 0 fully saturated rings. The van der Waals surface area contributed by atoms with E-state index in [0.29, 0.717) is 0 Å². The molecule has 1 aromatic heterocycles. The van der Waals surface area contributed by atoms with Crippen molar-refractivity contribution in [2.45, 2.75) is 45.8 Å². The molecule has 0 saturated carbocycles. The van der Waals surface area contributed by atoms with Gasteiger partial charge in [0.25, 0.3) is 0 Å². The second kappa shape index (κ2) is 14.8. The van der Waals surface area contributed by atoms with Gasteiger partial charge in [0.05, 0.1) is 0 Å². The van der Waals surface area contributed by atoms with Crippen molar-refractivity contribution in [2.24, 2.45) is 4.99 Å². The molecular weight excluding hydrogens is 410 g/mol. The summed E-state index contributed by atoms with van der Waals surface area (Å²) in [6.07, 6.45) is 6.70. The quantitative estimate of drug-likeness (QED) is 0.224. The van der Waals surface area contributed by atoms with Crippen LogP contribution in [0.5, 0.6) is 0 Å². The van der Waals surface area contributed by atoms with Crippen LogP contribution in [0.1, 0.15) is 37.3 Å². The molecule has 2 aromatic carbocycles. The van der Waals surface area contributed by atoms with Crippen LogP contribution in [0.4, 0.5) is 0 Å². The number of nitrogens with zero attached hydrogens (tertiary/aromatic N) is 5. The summed E-state index contributed by atoms with van der Waals surface area (Å²) < 4.78 is 2.01. The molecule has 7 nitrogen and oxygen atoms in total. The maximum atomic E-state index is 4.79. The third-order valence-corrected chi connectivity index (χ3v) is 5.35. The highest BCUT2D eigenvalue weighted by Crippen LogP contribution is 2.10. The zero-order chi connectivity index (χ0) is 23.0. The largest absolute Gasteiger partial charge is 0.357 e. The zero-order valence-corrected chi connectivity index (χ0v) is 19.7. The molecule has 1 heterocycles. The normalized spacial score (nSPS) is 11.6. The second-order valence-corrected chi connectivity index (χ2v) is 8.13. The van der Waals surface area contributed by atoms with Gasteiger partial charge in [-0.25, -0.2) is 0 Å². The molecule has 33 heavy (non-hydrogen) atoms. The molecular formula is C26H37N7. The summed E-state index contributed by atoms with van der Waals surface area (Å²) >= 11 is 0. The Kier molecular flexibility index (Phi) is 11.0. The van der Waals surface area contributed by atoms with Crippen LogP contribution in [-0.2, 0) is 19.6 Å². The summed E-state index contributed by atoms with van der Waals surface area (Å²) in [5.74, 6) is 0.902. The maximum Gasteiger partial charge on any atom is 0.191 e. The van der Waals surface area contributed by atoms with Crippen molar-refractivity contribution in [2.75, 3.05) is 26.2 Å². The van der Waals surface area contributed by atoms with E-state index in [-0.39, 0.29) is 0 Å². The fourth-order valence-corrected chi connectivity index (χ4v) is 3.69. The number of benzene rings is 2. The molecule has 7 heteroatoms. The lowest BCUT2D eigenvalue weighted by Crippen LogP contribution is -2.38. The second-order valence-electron chi connectivity index (χ2n) is 8.13. The van der Waals surface area contributed by atoms with Crippen molar-refractivity contribution in [3.05, 3.63) is 84.4 Å². The van der Waals surface area contributed by atoms with Crippen LogP contribution < -0.4 is 10.6 Å². The van der Waals surface area contributed by atoms with E-state index >= 15 is 0 Å². The van der Waals surface area contributed by atoms with Crippen molar-refractivity contribution in [3.63, 3.8) is 0 Å². The van der Waals surface area contributed by atoms with Gasteiger partial charge in [0.1, 0.15) is 12.7 Å². The van der Waals surface area contributed by atoms with Crippen LogP contribution >= 0.6 is 0 Å². The predicted molar refractivity (Wildman–Crippen MR) is 135 cm³/mol. The third-order valence-electron chi connectivity index (χ3n) is 5.35. The number of hydrogen-bond acceptors (Lipinski definition) is 4. The number of aromatic nitrogens is 3. The Morgan fingerprint density at radius 1 is 0.848 bits per heavy atom. The lowest BCUT2D eigenvalue weighted by Gasteiger charge is -2.22. The molecule has 0 aliphatic rings. The first-order chi connectivity index (χ1) is 16.3. The van der Waals surface area contributed by atoms with Gasteiger partial charge in [-0.1, -0.05) is 60.7 Å². The highest BCUT2D eigenvalue weighted by atomic mass is 15.2. The summed E-state index contributed by atoms with van der Waals surface area (Å²) in [5, 5.41) is 14.5. The average Bonchev–Trinajstić information content (AvgIpc) is 3.36. The molecule has 0 radical (unpaired) electrons. The fraction of sp³-hybridized carbons (Fsp3) is 0.423. The smallest absolute Gasteiger partial charge is 0.191 e. The molecule has 176 valence electrons. The molecule has 0 atom stereocenters. The molecule has 3 aromatic rings. The van der Waals surface area contributed by atoms with E-state index in [1.807, 2.05) is 4.57 Å². The van der Waals surface area contributed by atoms with Crippen molar-refractivity contribution < 1.29 is 0 Å². The molecule has 0 amide bonds. The van der Waals surface area contributed by atoms with Gasteiger partial charge in [0.15, 0.2) is 5.96 Å². The van der Waals surface area contributed by atoms with Gasteiger partial charge in [-0.2, -0.15) is 0 Å². The summed E-state index contributed by atoms with van der Waals surface area (Å²) in [4.78, 5) is 7.30. The Balaban J connectivity index is 1.43. The predicted octanol–water partition coefficient (Wildman–Crippen LogP) is 3.71. The van der Waals surface area contributed by atoms with Crippen molar-refractivity contribution >= 4 is 5.96 Å². The Bertz CT molecular complexity index is 853. The maximum absolute atomic E-state index is 4.79. The first-order valence-electron chi connectivity index (χ1n) is 12.0. The molecule has 0 saturated heterocycles. The third kappa shape index (κ3) is 9.87. The number of aliphatic imine (C=N–C) groups is 1. The molecule has 2 N–H and O–H groups in total. The van der Waals surface area contributed by atoms with Crippen molar-refractivity contribution in [3.8, 4) is 0 Å². The van der Waals surface area contributed by atoms with Crippen LogP contribution in [0, 0.1) is 0 Å². The van der Waals surface area contributed by atoms with Crippen LogP contribution in [0.15, 0.2) is 78.3 Å². The SMILES string of the molecule is CCNC(=NCCCN(Cc1ccccc1)Cc1ccccc1)NCCCCn1cnnc1. The number of unbranched alkanes of at least 4 members (excludes halogenated alkanes) is 1. The minimum atomic E-state index is 0.802. The number of aryl methyl sites for hydroxylation is 1. The molecule has 0 spiro atoms. The van der Waals surface area contributed by atoms with E-state index in [1.54, 1.807) is 12.7 Å². The molecule has 0 bridgehead atoms. The van der Waals surface area contributed by atoms with E-state index in [4.69, 9.17) is 4.99 Å². The standard InChI is InChI=1S/C26H37N7/c1-2-27-26(28-16-9-10-18-33-22-30-31-23-33)29-17-11-19-32(20-24-12-5-3-6-13-24)21-25-14-7-4-8-15-25/h3-8,12-15,22-23H,2,9-11,16-21H2,1H3,(H2,27,28,29). The number of nitrogens with one attached hydrogen (secondary N) is 2. The van der Waals surface area contributed by atoms with Gasteiger partial charge in [0.2, 0.25) is 0 Å². The molecule has 0 aliphatic carbocycles. The fourth-order valence-electron chi connectivity index (χ4n) is 3.69. The number of guanidine groups is 1. The van der Waals surface area contributed by atoms with Gasteiger partial charge in [-0.05, 0) is 37.3 Å². The van der Waals surface area contributed by atoms with Gasteiger partial charge >= 0.3 is 0 Å². The topological polar surface area (TPSA) is 70.4 Å². The van der Waals surface area contributed by atoms with E-state index in [1.165, 1.54) is 11.1 Å². The number of rotatable bonds is 14. The lowest BCUT2D eigenvalue weighted by atomic mass is 10.1. The zero-order valence-electron chi connectivity index (χ0n) is 19.7. The summed E-state index contributed by atoms with van der Waals surface area (Å²) in [6, 6.07) is 21.4. The summed E-state index contributed by atoms with van der Waals surface area (Å²) in [5.41, 5.74) is 2.69. The summed E-state index contributed by atoms with van der Waals surface area (Å²) in [6.45, 7) is 8.52. The van der Waals surface area contributed by atoms with Gasteiger partial charge in [-0.15, -0.1) is 10.2 Å². The molecule has 0 aliphatic heterocycles. The van der Waals surface area contributed by atoms with Crippen LogP contribution in [0.25, 0.3) is 0 Å². The van der Waals surface area contributed by atoms with Crippen LogP contribution in [0.3, 0.4) is 0 Å². The Labute approximate surface area is 198 Å². The summed E-state index contributed by atoms with van der Waals surface area (Å²) in [7, 11) is 0. The first kappa shape index (κ1) is 24.5. The van der Waals surface area contributed by atoms with Crippen LogP contribution in [-0.4, -0.2) is 51.8 Å².